The molecule has 28 heavy (non-hydrogen) atoms. The molecule has 6 heteroatoms. The van der Waals surface area contributed by atoms with Crippen molar-refractivity contribution in [3.8, 4) is 11.1 Å². The summed E-state index contributed by atoms with van der Waals surface area (Å²) in [4.78, 5) is 18.7. The normalized spacial score (nSPS) is 11.3. The zero-order valence-corrected chi connectivity index (χ0v) is 15.5. The number of hydrogen-bond acceptors (Lipinski definition) is 4. The van der Waals surface area contributed by atoms with Crippen molar-refractivity contribution in [3.05, 3.63) is 70.4 Å². The van der Waals surface area contributed by atoms with Crippen molar-refractivity contribution in [3.63, 3.8) is 0 Å². The molecular formula is C22H22N4O2. The summed E-state index contributed by atoms with van der Waals surface area (Å²) in [6.45, 7) is 0.736. The van der Waals surface area contributed by atoms with E-state index in [1.165, 1.54) is 11.6 Å². The Labute approximate surface area is 162 Å². The van der Waals surface area contributed by atoms with Crippen molar-refractivity contribution in [2.24, 2.45) is 5.73 Å². The Hall–Kier alpha value is -3.25. The monoisotopic (exact) mass is 374 g/mol. The van der Waals surface area contributed by atoms with E-state index in [0.717, 1.165) is 65.3 Å². The van der Waals surface area contributed by atoms with Gasteiger partial charge in [0.05, 0.1) is 4.92 Å². The SMILES string of the molecule is NCCCCCc1cnc2[nH]c3ccc(-c4cccc([N+](=O)[O-])c4)cc3c2c1. The van der Waals surface area contributed by atoms with Crippen LogP contribution < -0.4 is 5.73 Å². The number of nitrogens with one attached hydrogen (secondary N) is 1. The van der Waals surface area contributed by atoms with Gasteiger partial charge in [-0.1, -0.05) is 24.6 Å². The molecule has 0 radical (unpaired) electrons. The number of aromatic nitrogens is 2. The first-order valence-electron chi connectivity index (χ1n) is 9.51. The molecule has 0 amide bonds. The predicted octanol–water partition coefficient (Wildman–Crippen LogP) is 4.96. The molecule has 0 bridgehead atoms. The number of pyridine rings is 1. The fourth-order valence-corrected chi connectivity index (χ4v) is 3.58. The molecule has 0 aliphatic carbocycles. The van der Waals surface area contributed by atoms with E-state index in [0.29, 0.717) is 0 Å². The minimum Gasteiger partial charge on any atom is -0.339 e. The average molecular weight is 374 g/mol. The number of fused-ring (bicyclic) bond motifs is 3. The lowest BCUT2D eigenvalue weighted by Gasteiger charge is -2.03. The summed E-state index contributed by atoms with van der Waals surface area (Å²) >= 11 is 0. The molecule has 4 aromatic rings. The number of rotatable bonds is 7. The van der Waals surface area contributed by atoms with Gasteiger partial charge in [-0.25, -0.2) is 4.98 Å². The highest BCUT2D eigenvalue weighted by Gasteiger charge is 2.11. The van der Waals surface area contributed by atoms with E-state index < -0.39 is 0 Å². The van der Waals surface area contributed by atoms with Crippen LogP contribution in [0.4, 0.5) is 5.69 Å². The van der Waals surface area contributed by atoms with Crippen LogP contribution in [-0.2, 0) is 6.42 Å². The molecule has 0 saturated heterocycles. The maximum absolute atomic E-state index is 11.1. The first-order valence-corrected chi connectivity index (χ1v) is 9.51. The van der Waals surface area contributed by atoms with Crippen molar-refractivity contribution in [2.45, 2.75) is 25.7 Å². The van der Waals surface area contributed by atoms with Crippen LogP contribution in [0.5, 0.6) is 0 Å². The van der Waals surface area contributed by atoms with Gasteiger partial charge >= 0.3 is 0 Å². The Morgan fingerprint density at radius 1 is 1.00 bits per heavy atom. The number of nitro groups is 1. The Morgan fingerprint density at radius 2 is 1.86 bits per heavy atom. The molecule has 4 rings (SSSR count). The molecule has 2 aromatic heterocycles. The third-order valence-electron chi connectivity index (χ3n) is 5.07. The van der Waals surface area contributed by atoms with Gasteiger partial charge in [0.25, 0.3) is 5.69 Å². The van der Waals surface area contributed by atoms with Crippen molar-refractivity contribution in [1.82, 2.24) is 9.97 Å². The average Bonchev–Trinajstić information content (AvgIpc) is 3.08. The maximum Gasteiger partial charge on any atom is 0.270 e. The van der Waals surface area contributed by atoms with Crippen LogP contribution in [0.15, 0.2) is 54.7 Å². The van der Waals surface area contributed by atoms with Crippen LogP contribution in [0, 0.1) is 10.1 Å². The molecule has 6 nitrogen and oxygen atoms in total. The minimum absolute atomic E-state index is 0.0953. The maximum atomic E-state index is 11.1. The molecule has 0 aliphatic heterocycles. The number of nitro benzene ring substituents is 1. The van der Waals surface area contributed by atoms with Gasteiger partial charge < -0.3 is 10.7 Å². The molecule has 0 unspecified atom stereocenters. The molecule has 0 saturated carbocycles. The summed E-state index contributed by atoms with van der Waals surface area (Å²) in [5.41, 5.74) is 10.5. The second kappa shape index (κ2) is 7.78. The predicted molar refractivity (Wildman–Crippen MR) is 112 cm³/mol. The molecule has 2 heterocycles. The van der Waals surface area contributed by atoms with Gasteiger partial charge in [0, 0.05) is 34.6 Å². The molecule has 3 N–H and O–H groups in total. The number of nitrogens with two attached hydrogens (primary N) is 1. The van der Waals surface area contributed by atoms with Gasteiger partial charge in [0.15, 0.2) is 0 Å². The highest BCUT2D eigenvalue weighted by molar-refractivity contribution is 6.07. The van der Waals surface area contributed by atoms with E-state index in [4.69, 9.17) is 5.73 Å². The topological polar surface area (TPSA) is 97.8 Å². The quantitative estimate of drug-likeness (QED) is 0.271. The Balaban J connectivity index is 1.72. The Bertz CT molecular complexity index is 1150. The Kier molecular flexibility index (Phi) is 5.04. The van der Waals surface area contributed by atoms with E-state index in [-0.39, 0.29) is 10.6 Å². The fraction of sp³-hybridized carbons (Fsp3) is 0.227. The standard InChI is InChI=1S/C22H22N4O2/c23-10-3-1-2-5-15-11-20-19-13-17(8-9-21(19)25-22(20)24-14-15)16-6-4-7-18(12-16)26(27)28/h4,6-9,11-14H,1-3,5,10,23H2,(H,24,25). The van der Waals surface area contributed by atoms with Gasteiger partial charge in [-0.05, 0) is 60.7 Å². The first kappa shape index (κ1) is 18.1. The van der Waals surface area contributed by atoms with Crippen molar-refractivity contribution >= 4 is 27.6 Å². The lowest BCUT2D eigenvalue weighted by Crippen LogP contribution is -1.98. The number of benzene rings is 2. The van der Waals surface area contributed by atoms with E-state index in [1.807, 2.05) is 24.4 Å². The molecular weight excluding hydrogens is 352 g/mol. The van der Waals surface area contributed by atoms with E-state index >= 15 is 0 Å². The van der Waals surface area contributed by atoms with Crippen LogP contribution in [-0.4, -0.2) is 21.4 Å². The summed E-state index contributed by atoms with van der Waals surface area (Å²) < 4.78 is 0. The van der Waals surface area contributed by atoms with Gasteiger partial charge in [-0.15, -0.1) is 0 Å². The Morgan fingerprint density at radius 3 is 2.68 bits per heavy atom. The number of nitrogens with zero attached hydrogens (tertiary/aromatic N) is 2. The van der Waals surface area contributed by atoms with E-state index in [9.17, 15) is 10.1 Å². The lowest BCUT2D eigenvalue weighted by molar-refractivity contribution is -0.384. The number of H-pyrrole nitrogens is 1. The van der Waals surface area contributed by atoms with Crippen LogP contribution in [0.1, 0.15) is 24.8 Å². The number of hydrogen-bond donors (Lipinski definition) is 2. The second-order valence-corrected chi connectivity index (χ2v) is 7.03. The molecule has 2 aromatic carbocycles. The third-order valence-corrected chi connectivity index (χ3v) is 5.07. The van der Waals surface area contributed by atoms with Crippen molar-refractivity contribution in [2.75, 3.05) is 6.54 Å². The number of aryl methyl sites for hydroxylation is 1. The molecule has 0 spiro atoms. The zero-order valence-electron chi connectivity index (χ0n) is 15.5. The van der Waals surface area contributed by atoms with Gasteiger partial charge in [-0.3, -0.25) is 10.1 Å². The smallest absolute Gasteiger partial charge is 0.270 e. The van der Waals surface area contributed by atoms with E-state index in [2.05, 4.69) is 22.1 Å². The zero-order chi connectivity index (χ0) is 19.5. The second-order valence-electron chi connectivity index (χ2n) is 7.03. The minimum atomic E-state index is -0.366. The van der Waals surface area contributed by atoms with Crippen LogP contribution in [0.3, 0.4) is 0 Å². The van der Waals surface area contributed by atoms with Crippen molar-refractivity contribution in [1.29, 1.82) is 0 Å². The van der Waals surface area contributed by atoms with Crippen LogP contribution >= 0.6 is 0 Å². The molecule has 0 fully saturated rings. The van der Waals surface area contributed by atoms with Crippen LogP contribution in [0.2, 0.25) is 0 Å². The van der Waals surface area contributed by atoms with Crippen LogP contribution in [0.25, 0.3) is 33.1 Å². The van der Waals surface area contributed by atoms with Gasteiger partial charge in [-0.2, -0.15) is 0 Å². The molecule has 0 atom stereocenters. The third kappa shape index (κ3) is 3.59. The summed E-state index contributed by atoms with van der Waals surface area (Å²) in [5.74, 6) is 0. The molecule has 0 aliphatic rings. The highest BCUT2D eigenvalue weighted by Crippen LogP contribution is 2.31. The highest BCUT2D eigenvalue weighted by atomic mass is 16.6. The summed E-state index contributed by atoms with van der Waals surface area (Å²) in [7, 11) is 0. The largest absolute Gasteiger partial charge is 0.339 e. The van der Waals surface area contributed by atoms with Gasteiger partial charge in [0.1, 0.15) is 5.65 Å². The number of aromatic amines is 1. The summed E-state index contributed by atoms with van der Waals surface area (Å²) in [5, 5.41) is 13.2. The van der Waals surface area contributed by atoms with E-state index in [1.54, 1.807) is 12.1 Å². The summed E-state index contributed by atoms with van der Waals surface area (Å²) in [6, 6.07) is 15.0. The van der Waals surface area contributed by atoms with Crippen molar-refractivity contribution < 1.29 is 4.92 Å². The number of unbranched alkanes of at least 4 members (excludes halogenated alkanes) is 2. The lowest BCUT2D eigenvalue weighted by atomic mass is 10.0. The van der Waals surface area contributed by atoms with Gasteiger partial charge in [0.2, 0.25) is 0 Å². The first-order chi connectivity index (χ1) is 13.7. The molecule has 142 valence electrons. The number of non-ortho nitro benzene ring substituents is 1. The summed E-state index contributed by atoms with van der Waals surface area (Å²) in [6.07, 6.45) is 6.20. The fourth-order valence-electron chi connectivity index (χ4n) is 3.58.